The molecule has 0 aliphatic heterocycles. The molecule has 0 aromatic carbocycles. The molecule has 19 heavy (non-hydrogen) atoms. The standard InChI is InChI=1S/C15H27N3O/c1-13-11-18(12-14-7-4-3-5-8-14)15(17-13)16-9-6-10-19-2/h11,14H,3-10,12H2,1-2H3,(H,16,17). The van der Waals surface area contributed by atoms with Crippen LogP contribution in [0.4, 0.5) is 5.95 Å². The highest BCUT2D eigenvalue weighted by Gasteiger charge is 2.15. The summed E-state index contributed by atoms with van der Waals surface area (Å²) in [5.74, 6) is 1.86. The monoisotopic (exact) mass is 265 g/mol. The Balaban J connectivity index is 1.87. The lowest BCUT2D eigenvalue weighted by Crippen LogP contribution is -2.16. The lowest BCUT2D eigenvalue weighted by atomic mass is 9.89. The molecule has 4 heteroatoms. The van der Waals surface area contributed by atoms with Crippen molar-refractivity contribution in [2.75, 3.05) is 25.6 Å². The average Bonchev–Trinajstić information content (AvgIpc) is 2.76. The Labute approximate surface area is 116 Å². The number of nitrogens with one attached hydrogen (secondary N) is 1. The molecular weight excluding hydrogens is 238 g/mol. The van der Waals surface area contributed by atoms with E-state index >= 15 is 0 Å². The summed E-state index contributed by atoms with van der Waals surface area (Å²) in [7, 11) is 1.74. The van der Waals surface area contributed by atoms with Crippen molar-refractivity contribution in [3.63, 3.8) is 0 Å². The summed E-state index contributed by atoms with van der Waals surface area (Å²) in [5, 5.41) is 3.43. The van der Waals surface area contributed by atoms with Gasteiger partial charge in [0, 0.05) is 33.0 Å². The van der Waals surface area contributed by atoms with Crippen molar-refractivity contribution in [2.45, 2.75) is 52.0 Å². The number of imidazole rings is 1. The molecule has 1 aliphatic carbocycles. The molecule has 4 nitrogen and oxygen atoms in total. The molecule has 0 spiro atoms. The van der Waals surface area contributed by atoms with Crippen LogP contribution in [-0.2, 0) is 11.3 Å². The number of hydrogen-bond acceptors (Lipinski definition) is 3. The summed E-state index contributed by atoms with van der Waals surface area (Å²) in [6, 6.07) is 0. The zero-order valence-electron chi connectivity index (χ0n) is 12.3. The number of aryl methyl sites for hydroxylation is 1. The van der Waals surface area contributed by atoms with Crippen molar-refractivity contribution in [1.82, 2.24) is 9.55 Å². The van der Waals surface area contributed by atoms with Crippen molar-refractivity contribution in [3.8, 4) is 0 Å². The highest BCUT2D eigenvalue weighted by Crippen LogP contribution is 2.26. The number of aromatic nitrogens is 2. The second kappa shape index (κ2) is 7.53. The lowest BCUT2D eigenvalue weighted by molar-refractivity contribution is 0.197. The van der Waals surface area contributed by atoms with Crippen LogP contribution < -0.4 is 5.32 Å². The van der Waals surface area contributed by atoms with Gasteiger partial charge in [0.1, 0.15) is 0 Å². The number of hydrogen-bond donors (Lipinski definition) is 1. The molecular formula is C15H27N3O. The van der Waals surface area contributed by atoms with Crippen molar-refractivity contribution < 1.29 is 4.74 Å². The lowest BCUT2D eigenvalue weighted by Gasteiger charge is -2.22. The molecule has 1 N–H and O–H groups in total. The molecule has 1 aromatic rings. The van der Waals surface area contributed by atoms with Gasteiger partial charge in [-0.05, 0) is 32.1 Å². The minimum atomic E-state index is 0.801. The summed E-state index contributed by atoms with van der Waals surface area (Å²) in [6.07, 6.45) is 10.2. The second-order valence-corrected chi connectivity index (χ2v) is 5.64. The maximum absolute atomic E-state index is 5.07. The van der Waals surface area contributed by atoms with Gasteiger partial charge in [0.2, 0.25) is 5.95 Å². The van der Waals surface area contributed by atoms with Crippen LogP contribution >= 0.6 is 0 Å². The van der Waals surface area contributed by atoms with Crippen LogP contribution in [0, 0.1) is 12.8 Å². The Kier molecular flexibility index (Phi) is 5.70. The van der Waals surface area contributed by atoms with Crippen LogP contribution in [0.25, 0.3) is 0 Å². The average molecular weight is 265 g/mol. The van der Waals surface area contributed by atoms with Gasteiger partial charge in [0.25, 0.3) is 0 Å². The fourth-order valence-electron chi connectivity index (χ4n) is 2.89. The van der Waals surface area contributed by atoms with Crippen molar-refractivity contribution in [3.05, 3.63) is 11.9 Å². The van der Waals surface area contributed by atoms with Gasteiger partial charge in [0.15, 0.2) is 0 Å². The summed E-state index contributed by atoms with van der Waals surface area (Å²) < 4.78 is 7.37. The SMILES string of the molecule is COCCCNc1nc(C)cn1CC1CCCCC1. The Hall–Kier alpha value is -1.03. The first kappa shape index (κ1) is 14.4. The van der Waals surface area contributed by atoms with E-state index < -0.39 is 0 Å². The highest BCUT2D eigenvalue weighted by molar-refractivity contribution is 5.28. The van der Waals surface area contributed by atoms with E-state index in [1.54, 1.807) is 7.11 Å². The predicted molar refractivity (Wildman–Crippen MR) is 78.5 cm³/mol. The third-order valence-corrected chi connectivity index (χ3v) is 3.88. The van der Waals surface area contributed by atoms with Gasteiger partial charge in [0.05, 0.1) is 5.69 Å². The van der Waals surface area contributed by atoms with Crippen LogP contribution in [0.15, 0.2) is 6.20 Å². The van der Waals surface area contributed by atoms with Crippen LogP contribution in [0.3, 0.4) is 0 Å². The fraction of sp³-hybridized carbons (Fsp3) is 0.800. The summed E-state index contributed by atoms with van der Waals surface area (Å²) in [6.45, 7) is 4.91. The first-order valence-corrected chi connectivity index (χ1v) is 7.56. The molecule has 0 atom stereocenters. The molecule has 108 valence electrons. The van der Waals surface area contributed by atoms with Crippen LogP contribution in [0.5, 0.6) is 0 Å². The first-order valence-electron chi connectivity index (χ1n) is 7.56. The molecule has 0 radical (unpaired) electrons. The highest BCUT2D eigenvalue weighted by atomic mass is 16.5. The third-order valence-electron chi connectivity index (χ3n) is 3.88. The van der Waals surface area contributed by atoms with Crippen molar-refractivity contribution in [2.24, 2.45) is 5.92 Å². The van der Waals surface area contributed by atoms with E-state index in [1.807, 2.05) is 0 Å². The molecule has 2 rings (SSSR count). The fourth-order valence-corrected chi connectivity index (χ4v) is 2.89. The number of rotatable bonds is 7. The second-order valence-electron chi connectivity index (χ2n) is 5.64. The molecule has 1 aromatic heterocycles. The largest absolute Gasteiger partial charge is 0.385 e. The van der Waals surface area contributed by atoms with Gasteiger partial charge < -0.3 is 14.6 Å². The van der Waals surface area contributed by atoms with Gasteiger partial charge in [-0.25, -0.2) is 4.98 Å². The Morgan fingerprint density at radius 2 is 2.16 bits per heavy atom. The summed E-state index contributed by atoms with van der Waals surface area (Å²) in [5.41, 5.74) is 1.10. The Morgan fingerprint density at radius 1 is 1.37 bits per heavy atom. The smallest absolute Gasteiger partial charge is 0.203 e. The predicted octanol–water partition coefficient (Wildman–Crippen LogP) is 3.22. The van der Waals surface area contributed by atoms with E-state index in [0.29, 0.717) is 0 Å². The molecule has 0 bridgehead atoms. The van der Waals surface area contributed by atoms with Gasteiger partial charge in [-0.2, -0.15) is 0 Å². The number of methoxy groups -OCH3 is 1. The van der Waals surface area contributed by atoms with Gasteiger partial charge in [-0.1, -0.05) is 19.3 Å². The topological polar surface area (TPSA) is 39.1 Å². The normalized spacial score (nSPS) is 16.7. The molecule has 0 unspecified atom stereocenters. The zero-order chi connectivity index (χ0) is 13.5. The maximum atomic E-state index is 5.07. The van der Waals surface area contributed by atoms with Crippen molar-refractivity contribution >= 4 is 5.95 Å². The van der Waals surface area contributed by atoms with E-state index in [0.717, 1.165) is 43.7 Å². The van der Waals surface area contributed by atoms with Gasteiger partial charge >= 0.3 is 0 Å². The quantitative estimate of drug-likeness (QED) is 0.769. The van der Waals surface area contributed by atoms with E-state index in [1.165, 1.54) is 32.1 Å². The summed E-state index contributed by atoms with van der Waals surface area (Å²) >= 11 is 0. The molecule has 0 amide bonds. The Morgan fingerprint density at radius 3 is 2.89 bits per heavy atom. The van der Waals surface area contributed by atoms with Gasteiger partial charge in [-0.3, -0.25) is 0 Å². The number of nitrogens with zero attached hydrogens (tertiary/aromatic N) is 2. The number of ether oxygens (including phenoxy) is 1. The van der Waals surface area contributed by atoms with Crippen LogP contribution in [0.1, 0.15) is 44.2 Å². The minimum Gasteiger partial charge on any atom is -0.385 e. The number of anilines is 1. The zero-order valence-corrected chi connectivity index (χ0v) is 12.3. The minimum absolute atomic E-state index is 0.801. The van der Waals surface area contributed by atoms with E-state index in [2.05, 4.69) is 28.0 Å². The molecule has 1 fully saturated rings. The molecule has 0 saturated heterocycles. The van der Waals surface area contributed by atoms with Gasteiger partial charge in [-0.15, -0.1) is 0 Å². The van der Waals surface area contributed by atoms with E-state index in [9.17, 15) is 0 Å². The van der Waals surface area contributed by atoms with E-state index in [4.69, 9.17) is 4.74 Å². The third kappa shape index (κ3) is 4.53. The van der Waals surface area contributed by atoms with Crippen molar-refractivity contribution in [1.29, 1.82) is 0 Å². The molecule has 1 saturated carbocycles. The summed E-state index contributed by atoms with van der Waals surface area (Å²) in [4.78, 5) is 4.58. The van der Waals surface area contributed by atoms with E-state index in [-0.39, 0.29) is 0 Å². The Bertz CT molecular complexity index is 369. The molecule has 1 heterocycles. The van der Waals surface area contributed by atoms with Crippen LogP contribution in [0.2, 0.25) is 0 Å². The maximum Gasteiger partial charge on any atom is 0.203 e. The molecule has 1 aliphatic rings. The first-order chi connectivity index (χ1) is 9.29. The van der Waals surface area contributed by atoms with Crippen LogP contribution in [-0.4, -0.2) is 29.8 Å².